The maximum absolute atomic E-state index is 13.2. The Balaban J connectivity index is 1.14. The number of hydrogen-bond acceptors (Lipinski definition) is 4. The summed E-state index contributed by atoms with van der Waals surface area (Å²) < 4.78 is 10.8. The van der Waals surface area contributed by atoms with E-state index < -0.39 is 0 Å². The van der Waals surface area contributed by atoms with Crippen LogP contribution in [0, 0.1) is 11.3 Å². The van der Waals surface area contributed by atoms with Crippen LogP contribution in [0.15, 0.2) is 48.5 Å². The lowest BCUT2D eigenvalue weighted by Crippen LogP contribution is -2.41. The van der Waals surface area contributed by atoms with E-state index in [1.54, 1.807) is 14.2 Å². The molecule has 1 heterocycles. The summed E-state index contributed by atoms with van der Waals surface area (Å²) in [6, 6.07) is 16.9. The van der Waals surface area contributed by atoms with Gasteiger partial charge in [0, 0.05) is 30.5 Å². The molecule has 2 aromatic carbocycles. The van der Waals surface area contributed by atoms with E-state index in [1.165, 1.54) is 36.8 Å². The first-order chi connectivity index (χ1) is 16.6. The normalized spacial score (nSPS) is 22.9. The van der Waals surface area contributed by atoms with E-state index >= 15 is 0 Å². The Kier molecular flexibility index (Phi) is 6.57. The number of ether oxygens (including phenoxy) is 2. The first-order valence-electron chi connectivity index (χ1n) is 12.8. The van der Waals surface area contributed by atoms with Crippen molar-refractivity contribution in [1.82, 2.24) is 10.2 Å². The second-order valence-electron chi connectivity index (χ2n) is 10.7. The molecule has 2 aliphatic carbocycles. The Bertz CT molecular complexity index is 969. The molecule has 1 spiro atoms. The van der Waals surface area contributed by atoms with Gasteiger partial charge in [0.1, 0.15) is 11.5 Å². The number of amides is 1. The van der Waals surface area contributed by atoms with Gasteiger partial charge in [-0.1, -0.05) is 43.2 Å². The van der Waals surface area contributed by atoms with Crippen molar-refractivity contribution in [2.45, 2.75) is 56.9 Å². The minimum Gasteiger partial charge on any atom is -0.497 e. The number of methoxy groups -OCH3 is 2. The molecule has 0 radical (unpaired) electrons. The number of piperidine rings is 1. The summed E-state index contributed by atoms with van der Waals surface area (Å²) in [6.07, 6.45) is 8.14. The summed E-state index contributed by atoms with van der Waals surface area (Å²) in [5.74, 6) is 2.14. The van der Waals surface area contributed by atoms with Gasteiger partial charge in [0.25, 0.3) is 0 Å². The quantitative estimate of drug-likeness (QED) is 0.604. The molecule has 34 heavy (non-hydrogen) atoms. The van der Waals surface area contributed by atoms with Crippen LogP contribution in [0.5, 0.6) is 11.5 Å². The fourth-order valence-electron chi connectivity index (χ4n) is 6.43. The minimum absolute atomic E-state index is 0.125. The summed E-state index contributed by atoms with van der Waals surface area (Å²) in [5.41, 5.74) is 2.95. The molecule has 0 aromatic heterocycles. The zero-order chi connectivity index (χ0) is 23.6. The van der Waals surface area contributed by atoms with Crippen LogP contribution in [-0.4, -0.2) is 44.7 Å². The zero-order valence-electron chi connectivity index (χ0n) is 20.6. The molecular weight excluding hydrogens is 424 g/mol. The molecule has 0 bridgehead atoms. The van der Waals surface area contributed by atoms with Crippen molar-refractivity contribution in [2.75, 3.05) is 33.9 Å². The van der Waals surface area contributed by atoms with Crippen molar-refractivity contribution in [3.05, 3.63) is 59.7 Å². The second-order valence-corrected chi connectivity index (χ2v) is 10.7. The highest BCUT2D eigenvalue weighted by Crippen LogP contribution is 2.59. The molecule has 1 atom stereocenters. The molecule has 3 aliphatic rings. The Hall–Kier alpha value is -2.53. The number of benzene rings is 2. The summed E-state index contributed by atoms with van der Waals surface area (Å²) in [6.45, 7) is 3.75. The number of nitrogens with zero attached hydrogens (tertiary/aromatic N) is 1. The van der Waals surface area contributed by atoms with Crippen LogP contribution in [0.2, 0.25) is 0 Å². The average molecular weight is 463 g/mol. The molecule has 2 aromatic rings. The fraction of sp³-hybridized carbons (Fsp3) is 0.552. The predicted molar refractivity (Wildman–Crippen MR) is 134 cm³/mol. The van der Waals surface area contributed by atoms with Crippen LogP contribution in [0.1, 0.15) is 56.1 Å². The number of rotatable bonds is 8. The Labute approximate surface area is 203 Å². The van der Waals surface area contributed by atoms with Gasteiger partial charge >= 0.3 is 0 Å². The third-order valence-electron chi connectivity index (χ3n) is 8.72. The number of nitrogens with one attached hydrogen (secondary N) is 1. The predicted octanol–water partition coefficient (Wildman–Crippen LogP) is 4.93. The Morgan fingerprint density at radius 3 is 2.24 bits per heavy atom. The number of carbonyl (C=O) groups excluding carboxylic acids is 1. The Morgan fingerprint density at radius 2 is 1.62 bits per heavy atom. The summed E-state index contributed by atoms with van der Waals surface area (Å²) in [5, 5.41) is 3.39. The first kappa shape index (κ1) is 23.2. The highest BCUT2D eigenvalue weighted by molar-refractivity contribution is 5.82. The van der Waals surface area contributed by atoms with E-state index in [2.05, 4.69) is 52.7 Å². The number of carbonyl (C=O) groups is 1. The maximum Gasteiger partial charge on any atom is 0.223 e. The van der Waals surface area contributed by atoms with Gasteiger partial charge in [0.05, 0.1) is 14.2 Å². The van der Waals surface area contributed by atoms with Gasteiger partial charge < -0.3 is 14.8 Å². The smallest absolute Gasteiger partial charge is 0.223 e. The molecule has 182 valence electrons. The lowest BCUT2D eigenvalue weighted by molar-refractivity contribution is -0.123. The average Bonchev–Trinajstić information content (AvgIpc) is 3.36. The van der Waals surface area contributed by atoms with Crippen molar-refractivity contribution in [3.8, 4) is 11.5 Å². The van der Waals surface area contributed by atoms with Crippen LogP contribution in [0.3, 0.4) is 0 Å². The van der Waals surface area contributed by atoms with Crippen molar-refractivity contribution < 1.29 is 14.3 Å². The highest BCUT2D eigenvalue weighted by atomic mass is 16.5. The topological polar surface area (TPSA) is 50.8 Å². The molecule has 5 rings (SSSR count). The van der Waals surface area contributed by atoms with Gasteiger partial charge in [-0.25, -0.2) is 0 Å². The lowest BCUT2D eigenvalue weighted by atomic mass is 9.78. The van der Waals surface area contributed by atoms with Crippen LogP contribution in [0.4, 0.5) is 0 Å². The minimum atomic E-state index is 0.125. The van der Waals surface area contributed by atoms with E-state index in [0.717, 1.165) is 56.9 Å². The third-order valence-corrected chi connectivity index (χ3v) is 8.72. The standard InChI is InChI=1S/C29H38N2O3/c1-33-24-16-22(17-25(18-24)34-2)20-31-14-12-28(13-15-31)19-26(28)27(32)30-21-29(10-6-7-11-29)23-8-4-3-5-9-23/h3-5,8-9,16-18,26H,6-7,10-15,19-21H2,1-2H3,(H,30,32)/t26-/m0/s1. The molecule has 1 saturated heterocycles. The van der Waals surface area contributed by atoms with E-state index in [0.29, 0.717) is 0 Å². The molecule has 5 heteroatoms. The molecule has 1 aliphatic heterocycles. The highest BCUT2D eigenvalue weighted by Gasteiger charge is 2.58. The fourth-order valence-corrected chi connectivity index (χ4v) is 6.43. The lowest BCUT2D eigenvalue weighted by Gasteiger charge is -2.33. The van der Waals surface area contributed by atoms with Crippen molar-refractivity contribution in [1.29, 1.82) is 0 Å². The molecule has 2 saturated carbocycles. The van der Waals surface area contributed by atoms with Crippen molar-refractivity contribution >= 4 is 5.91 Å². The number of hydrogen-bond donors (Lipinski definition) is 1. The van der Waals surface area contributed by atoms with Gasteiger partial charge in [-0.3, -0.25) is 9.69 Å². The molecule has 3 fully saturated rings. The van der Waals surface area contributed by atoms with E-state index in [9.17, 15) is 4.79 Å². The van der Waals surface area contributed by atoms with Crippen LogP contribution < -0.4 is 14.8 Å². The van der Waals surface area contributed by atoms with Crippen LogP contribution in [-0.2, 0) is 16.8 Å². The van der Waals surface area contributed by atoms with Gasteiger partial charge in [-0.15, -0.1) is 0 Å². The van der Waals surface area contributed by atoms with E-state index in [1.807, 2.05) is 6.07 Å². The van der Waals surface area contributed by atoms with Crippen molar-refractivity contribution in [2.24, 2.45) is 11.3 Å². The molecular formula is C29H38N2O3. The van der Waals surface area contributed by atoms with Gasteiger partial charge in [-0.2, -0.15) is 0 Å². The zero-order valence-corrected chi connectivity index (χ0v) is 20.6. The van der Waals surface area contributed by atoms with E-state index in [-0.39, 0.29) is 22.7 Å². The maximum atomic E-state index is 13.2. The first-order valence-corrected chi connectivity index (χ1v) is 12.8. The number of likely N-dealkylation sites (tertiary alicyclic amines) is 1. The molecule has 0 unspecified atom stereocenters. The Morgan fingerprint density at radius 1 is 0.971 bits per heavy atom. The van der Waals surface area contributed by atoms with Crippen LogP contribution in [0.25, 0.3) is 0 Å². The molecule has 1 N–H and O–H groups in total. The summed E-state index contributed by atoms with van der Waals surface area (Å²) in [7, 11) is 3.38. The molecule has 5 nitrogen and oxygen atoms in total. The third kappa shape index (κ3) is 4.68. The summed E-state index contributed by atoms with van der Waals surface area (Å²) >= 11 is 0. The van der Waals surface area contributed by atoms with Gasteiger partial charge in [0.15, 0.2) is 0 Å². The molecule has 1 amide bonds. The largest absolute Gasteiger partial charge is 0.497 e. The van der Waals surface area contributed by atoms with Crippen molar-refractivity contribution in [3.63, 3.8) is 0 Å². The van der Waals surface area contributed by atoms with Crippen LogP contribution >= 0.6 is 0 Å². The van der Waals surface area contributed by atoms with Gasteiger partial charge in [-0.05, 0) is 73.9 Å². The summed E-state index contributed by atoms with van der Waals surface area (Å²) in [4.78, 5) is 15.7. The SMILES string of the molecule is COc1cc(CN2CCC3(CC2)C[C@H]3C(=O)NCC2(c3ccccc3)CCCC2)cc(OC)c1. The van der Waals surface area contributed by atoms with E-state index in [4.69, 9.17) is 9.47 Å². The second kappa shape index (κ2) is 9.61. The monoisotopic (exact) mass is 462 g/mol. The van der Waals surface area contributed by atoms with Gasteiger partial charge in [0.2, 0.25) is 5.91 Å².